The molecule has 0 radical (unpaired) electrons. The predicted octanol–water partition coefficient (Wildman–Crippen LogP) is 0.0652. The van der Waals surface area contributed by atoms with Crippen molar-refractivity contribution < 1.29 is 18.0 Å². The van der Waals surface area contributed by atoms with E-state index in [2.05, 4.69) is 0 Å². The van der Waals surface area contributed by atoms with E-state index in [1.54, 1.807) is 9.80 Å². The average Bonchev–Trinajstić information content (AvgIpc) is 2.66. The molecular formula is C17H23N3O4S. The number of benzene rings is 1. The van der Waals surface area contributed by atoms with Crippen LogP contribution in [0.4, 0.5) is 0 Å². The van der Waals surface area contributed by atoms with Crippen LogP contribution in [-0.4, -0.2) is 73.3 Å². The van der Waals surface area contributed by atoms with E-state index in [-0.39, 0.29) is 18.1 Å². The second kappa shape index (κ2) is 7.53. The first-order valence-electron chi connectivity index (χ1n) is 8.51. The van der Waals surface area contributed by atoms with E-state index in [1.807, 2.05) is 24.3 Å². The molecule has 2 aliphatic heterocycles. The molecule has 0 saturated carbocycles. The summed E-state index contributed by atoms with van der Waals surface area (Å²) in [5.74, 6) is -0.325. The Hall–Kier alpha value is -1.93. The topological polar surface area (TPSA) is 78.0 Å². The van der Waals surface area contributed by atoms with Gasteiger partial charge in [-0.05, 0) is 17.5 Å². The largest absolute Gasteiger partial charge is 0.342 e. The molecule has 0 N–H and O–H groups in total. The van der Waals surface area contributed by atoms with Gasteiger partial charge in [-0.2, -0.15) is 4.31 Å². The summed E-state index contributed by atoms with van der Waals surface area (Å²) in [6.45, 7) is 2.79. The molecule has 0 atom stereocenters. The van der Waals surface area contributed by atoms with Gasteiger partial charge in [0.25, 0.3) is 0 Å². The van der Waals surface area contributed by atoms with Gasteiger partial charge in [-0.1, -0.05) is 24.3 Å². The Kier molecular flexibility index (Phi) is 5.39. The molecule has 25 heavy (non-hydrogen) atoms. The zero-order valence-electron chi connectivity index (χ0n) is 14.1. The summed E-state index contributed by atoms with van der Waals surface area (Å²) < 4.78 is 26.6. The summed E-state index contributed by atoms with van der Waals surface area (Å²) in [6.07, 6.45) is 1.47. The van der Waals surface area contributed by atoms with Crippen LogP contribution < -0.4 is 0 Å². The Balaban J connectivity index is 1.54. The van der Waals surface area contributed by atoms with Crippen LogP contribution in [-0.2, 0) is 32.6 Å². The number of rotatable bonds is 5. The number of nitrogens with zero attached hydrogens (tertiary/aromatic N) is 3. The lowest BCUT2D eigenvalue weighted by Gasteiger charge is -2.33. The van der Waals surface area contributed by atoms with Crippen molar-refractivity contribution in [3.63, 3.8) is 0 Å². The van der Waals surface area contributed by atoms with Crippen molar-refractivity contribution in [2.45, 2.75) is 19.4 Å². The average molecular weight is 365 g/mol. The van der Waals surface area contributed by atoms with Crippen LogP contribution >= 0.6 is 0 Å². The molecule has 136 valence electrons. The summed E-state index contributed by atoms with van der Waals surface area (Å²) in [7, 11) is -3.46. The maximum atomic E-state index is 12.6. The number of amides is 2. The number of piperazine rings is 1. The molecular weight excluding hydrogens is 342 g/mol. The number of carbonyl (C=O) groups is 2. The van der Waals surface area contributed by atoms with Gasteiger partial charge >= 0.3 is 0 Å². The van der Waals surface area contributed by atoms with Gasteiger partial charge in [0.1, 0.15) is 0 Å². The molecule has 0 spiro atoms. The third-order valence-electron chi connectivity index (χ3n) is 4.88. The van der Waals surface area contributed by atoms with Gasteiger partial charge < -0.3 is 9.80 Å². The van der Waals surface area contributed by atoms with Crippen LogP contribution in [0.3, 0.4) is 0 Å². The van der Waals surface area contributed by atoms with Crippen molar-refractivity contribution in [3.05, 3.63) is 35.4 Å². The van der Waals surface area contributed by atoms with Crippen molar-refractivity contribution in [3.8, 4) is 0 Å². The van der Waals surface area contributed by atoms with Gasteiger partial charge in [0.2, 0.25) is 22.3 Å². The SMILES string of the molecule is O=CN1CCN(C(=O)CCS(=O)(=O)N2CCc3ccccc3C2)CC1. The molecule has 1 fully saturated rings. The van der Waals surface area contributed by atoms with Crippen LogP contribution in [0.2, 0.25) is 0 Å². The second-order valence-corrected chi connectivity index (χ2v) is 8.53. The highest BCUT2D eigenvalue weighted by Crippen LogP contribution is 2.21. The maximum Gasteiger partial charge on any atom is 0.223 e. The molecule has 7 nitrogen and oxygen atoms in total. The van der Waals surface area contributed by atoms with Crippen molar-refractivity contribution in [1.82, 2.24) is 14.1 Å². The Morgan fingerprint density at radius 1 is 1.04 bits per heavy atom. The summed E-state index contributed by atoms with van der Waals surface area (Å²) in [5.41, 5.74) is 2.23. The molecule has 0 bridgehead atoms. The first kappa shape index (κ1) is 17.9. The number of carbonyl (C=O) groups excluding carboxylic acids is 2. The summed E-state index contributed by atoms with van der Waals surface area (Å²) in [5, 5.41) is 0. The Bertz CT molecular complexity index is 742. The highest BCUT2D eigenvalue weighted by molar-refractivity contribution is 7.89. The van der Waals surface area contributed by atoms with E-state index in [9.17, 15) is 18.0 Å². The molecule has 2 amide bonds. The number of hydrogen-bond acceptors (Lipinski definition) is 4. The third kappa shape index (κ3) is 4.19. The molecule has 1 aromatic carbocycles. The summed E-state index contributed by atoms with van der Waals surface area (Å²) >= 11 is 0. The fourth-order valence-electron chi connectivity index (χ4n) is 3.29. The van der Waals surface area contributed by atoms with Gasteiger partial charge in [0, 0.05) is 45.7 Å². The van der Waals surface area contributed by atoms with Gasteiger partial charge in [-0.3, -0.25) is 9.59 Å². The molecule has 0 unspecified atom stereocenters. The number of sulfonamides is 1. The van der Waals surface area contributed by atoms with E-state index in [0.717, 1.165) is 12.0 Å². The highest BCUT2D eigenvalue weighted by atomic mass is 32.2. The van der Waals surface area contributed by atoms with Crippen molar-refractivity contribution >= 4 is 22.3 Å². The lowest BCUT2D eigenvalue weighted by Crippen LogP contribution is -2.48. The Morgan fingerprint density at radius 2 is 1.72 bits per heavy atom. The number of fused-ring (bicyclic) bond motifs is 1. The fraction of sp³-hybridized carbons (Fsp3) is 0.529. The Morgan fingerprint density at radius 3 is 2.40 bits per heavy atom. The van der Waals surface area contributed by atoms with Crippen LogP contribution in [0.5, 0.6) is 0 Å². The van der Waals surface area contributed by atoms with Crippen LogP contribution in [0.25, 0.3) is 0 Å². The molecule has 0 aromatic heterocycles. The molecule has 2 aliphatic rings. The van der Waals surface area contributed by atoms with E-state index in [1.165, 1.54) is 9.87 Å². The van der Waals surface area contributed by atoms with Crippen LogP contribution in [0.15, 0.2) is 24.3 Å². The monoisotopic (exact) mass is 365 g/mol. The highest BCUT2D eigenvalue weighted by Gasteiger charge is 2.28. The van der Waals surface area contributed by atoms with Crippen LogP contribution in [0.1, 0.15) is 17.5 Å². The minimum Gasteiger partial charge on any atom is -0.342 e. The van der Waals surface area contributed by atoms with Crippen LogP contribution in [0, 0.1) is 0 Å². The van der Waals surface area contributed by atoms with E-state index in [0.29, 0.717) is 45.7 Å². The molecule has 1 aromatic rings. The van der Waals surface area contributed by atoms with E-state index < -0.39 is 10.0 Å². The Labute approximate surface area is 148 Å². The molecule has 3 rings (SSSR count). The third-order valence-corrected chi connectivity index (χ3v) is 6.70. The second-order valence-electron chi connectivity index (χ2n) is 6.44. The van der Waals surface area contributed by atoms with Gasteiger partial charge in [0.15, 0.2) is 0 Å². The van der Waals surface area contributed by atoms with Crippen molar-refractivity contribution in [2.75, 3.05) is 38.5 Å². The minimum atomic E-state index is -3.46. The maximum absolute atomic E-state index is 12.6. The zero-order valence-corrected chi connectivity index (χ0v) is 15.0. The first-order chi connectivity index (χ1) is 12.0. The van der Waals surface area contributed by atoms with Crippen molar-refractivity contribution in [1.29, 1.82) is 0 Å². The fourth-order valence-corrected chi connectivity index (χ4v) is 4.68. The zero-order chi connectivity index (χ0) is 17.9. The van der Waals surface area contributed by atoms with E-state index >= 15 is 0 Å². The first-order valence-corrected chi connectivity index (χ1v) is 10.1. The summed E-state index contributed by atoms with van der Waals surface area (Å²) in [6, 6.07) is 7.86. The standard InChI is InChI=1S/C17H23N3O4S/c21-14-18-8-10-19(11-9-18)17(22)6-12-25(23,24)20-7-5-15-3-1-2-4-16(15)13-20/h1-4,14H,5-13H2. The van der Waals surface area contributed by atoms with Crippen molar-refractivity contribution in [2.24, 2.45) is 0 Å². The molecule has 8 heteroatoms. The smallest absolute Gasteiger partial charge is 0.223 e. The van der Waals surface area contributed by atoms with Gasteiger partial charge in [-0.15, -0.1) is 0 Å². The molecule has 0 aliphatic carbocycles. The number of hydrogen-bond donors (Lipinski definition) is 0. The normalized spacial score (nSPS) is 18.7. The summed E-state index contributed by atoms with van der Waals surface area (Å²) in [4.78, 5) is 26.2. The van der Waals surface area contributed by atoms with Gasteiger partial charge in [-0.25, -0.2) is 8.42 Å². The lowest BCUT2D eigenvalue weighted by atomic mass is 10.0. The molecule has 2 heterocycles. The lowest BCUT2D eigenvalue weighted by molar-refractivity contribution is -0.134. The minimum absolute atomic E-state index is 0.0123. The quantitative estimate of drug-likeness (QED) is 0.692. The predicted molar refractivity (Wildman–Crippen MR) is 93.2 cm³/mol. The van der Waals surface area contributed by atoms with E-state index in [4.69, 9.17) is 0 Å². The van der Waals surface area contributed by atoms with Gasteiger partial charge in [0.05, 0.1) is 5.75 Å². The molecule has 1 saturated heterocycles.